The first-order valence-corrected chi connectivity index (χ1v) is 10.9. The SMILES string of the molecule is O=c1[nH]c2cnc3c(c2n1C1C2CC4CC1CC(c1nc(CO)no1)(C4)C2)C=CC3. The minimum absolute atomic E-state index is 0.0209. The van der Waals surface area contributed by atoms with Crippen molar-refractivity contribution < 1.29 is 9.63 Å². The molecule has 0 aliphatic heterocycles. The number of rotatable bonds is 3. The summed E-state index contributed by atoms with van der Waals surface area (Å²) >= 11 is 0. The van der Waals surface area contributed by atoms with Gasteiger partial charge in [-0.2, -0.15) is 4.98 Å². The normalized spacial score (nSPS) is 33.6. The van der Waals surface area contributed by atoms with E-state index in [-0.39, 0.29) is 23.8 Å². The Morgan fingerprint density at radius 1 is 1.27 bits per heavy atom. The van der Waals surface area contributed by atoms with Crippen molar-refractivity contribution in [2.45, 2.75) is 56.6 Å². The predicted octanol–water partition coefficient (Wildman–Crippen LogP) is 2.49. The fraction of sp³-hybridized carbons (Fsp3) is 0.545. The molecule has 8 rings (SSSR count). The van der Waals surface area contributed by atoms with Crippen LogP contribution in [0.5, 0.6) is 0 Å². The minimum Gasteiger partial charge on any atom is -0.388 e. The van der Waals surface area contributed by atoms with E-state index in [0.717, 1.165) is 60.8 Å². The number of aliphatic hydroxyl groups is 1. The van der Waals surface area contributed by atoms with E-state index in [2.05, 4.69) is 36.8 Å². The number of pyridine rings is 1. The second-order valence-electron chi connectivity index (χ2n) is 9.70. The third-order valence-corrected chi connectivity index (χ3v) is 8.05. The zero-order chi connectivity index (χ0) is 20.0. The molecule has 4 saturated carbocycles. The zero-order valence-corrected chi connectivity index (χ0v) is 16.5. The van der Waals surface area contributed by atoms with Crippen LogP contribution in [0.4, 0.5) is 0 Å². The van der Waals surface area contributed by atoms with Gasteiger partial charge in [-0.05, 0) is 49.9 Å². The molecule has 8 heteroatoms. The summed E-state index contributed by atoms with van der Waals surface area (Å²) in [4.78, 5) is 25.2. The number of fused-ring (bicyclic) bond motifs is 3. The van der Waals surface area contributed by atoms with E-state index in [1.807, 2.05) is 6.20 Å². The Balaban J connectivity index is 1.35. The number of aliphatic hydroxyl groups excluding tert-OH is 1. The van der Waals surface area contributed by atoms with E-state index in [1.54, 1.807) is 0 Å². The Labute approximate surface area is 172 Å². The summed E-state index contributed by atoms with van der Waals surface area (Å²) in [6, 6.07) is 0.191. The van der Waals surface area contributed by atoms with Crippen LogP contribution in [0.25, 0.3) is 17.1 Å². The molecule has 2 atom stereocenters. The molecule has 4 fully saturated rings. The first kappa shape index (κ1) is 17.0. The van der Waals surface area contributed by atoms with Crippen LogP contribution in [0, 0.1) is 17.8 Å². The maximum Gasteiger partial charge on any atom is 0.326 e. The molecule has 0 radical (unpaired) electrons. The molecule has 3 aromatic rings. The molecule has 0 saturated heterocycles. The molecule has 0 spiro atoms. The largest absolute Gasteiger partial charge is 0.388 e. The third-order valence-electron chi connectivity index (χ3n) is 8.05. The summed E-state index contributed by atoms with van der Waals surface area (Å²) < 4.78 is 7.66. The van der Waals surface area contributed by atoms with Crippen LogP contribution in [0.2, 0.25) is 0 Å². The fourth-order valence-electron chi connectivity index (χ4n) is 7.31. The topological polar surface area (TPSA) is 110 Å². The summed E-state index contributed by atoms with van der Waals surface area (Å²) in [7, 11) is 0. The van der Waals surface area contributed by atoms with Gasteiger partial charge < -0.3 is 14.6 Å². The quantitative estimate of drug-likeness (QED) is 0.693. The maximum absolute atomic E-state index is 13.1. The Kier molecular flexibility index (Phi) is 3.22. The first-order chi connectivity index (χ1) is 14.6. The van der Waals surface area contributed by atoms with E-state index in [0.29, 0.717) is 29.5 Å². The molecule has 0 amide bonds. The van der Waals surface area contributed by atoms with Crippen LogP contribution in [0.3, 0.4) is 0 Å². The highest BCUT2D eigenvalue weighted by atomic mass is 16.5. The lowest BCUT2D eigenvalue weighted by Gasteiger charge is -2.58. The second-order valence-corrected chi connectivity index (χ2v) is 9.70. The number of hydrogen-bond acceptors (Lipinski definition) is 6. The first-order valence-electron chi connectivity index (χ1n) is 10.9. The van der Waals surface area contributed by atoms with E-state index in [9.17, 15) is 9.90 Å². The van der Waals surface area contributed by atoms with Crippen molar-refractivity contribution in [3.63, 3.8) is 0 Å². The third kappa shape index (κ3) is 2.09. The highest BCUT2D eigenvalue weighted by molar-refractivity contribution is 5.87. The minimum atomic E-state index is -0.199. The number of allylic oxidation sites excluding steroid dienone is 1. The lowest BCUT2D eigenvalue weighted by atomic mass is 9.47. The molecule has 4 bridgehead atoms. The fourth-order valence-corrected chi connectivity index (χ4v) is 7.31. The highest BCUT2D eigenvalue weighted by Gasteiger charge is 2.59. The van der Waals surface area contributed by atoms with Crippen LogP contribution >= 0.6 is 0 Å². The van der Waals surface area contributed by atoms with Crippen LogP contribution in [-0.4, -0.2) is 29.8 Å². The molecule has 30 heavy (non-hydrogen) atoms. The smallest absolute Gasteiger partial charge is 0.326 e. The predicted molar refractivity (Wildman–Crippen MR) is 108 cm³/mol. The Morgan fingerprint density at radius 2 is 2.10 bits per heavy atom. The van der Waals surface area contributed by atoms with Crippen molar-refractivity contribution >= 4 is 17.1 Å². The number of imidazole rings is 1. The zero-order valence-electron chi connectivity index (χ0n) is 16.5. The Hall–Kier alpha value is -2.74. The second kappa shape index (κ2) is 5.69. The molecule has 5 aliphatic carbocycles. The molecule has 3 heterocycles. The van der Waals surface area contributed by atoms with Crippen molar-refractivity contribution in [2.24, 2.45) is 17.8 Å². The Bertz CT molecular complexity index is 1250. The molecule has 154 valence electrons. The van der Waals surface area contributed by atoms with Crippen molar-refractivity contribution in [3.05, 3.63) is 45.7 Å². The summed E-state index contributed by atoms with van der Waals surface area (Å²) in [5, 5.41) is 13.3. The van der Waals surface area contributed by atoms with Crippen LogP contribution in [0.15, 0.2) is 21.6 Å². The van der Waals surface area contributed by atoms with Crippen LogP contribution in [0.1, 0.15) is 61.1 Å². The molecular formula is C22H23N5O3. The molecule has 8 nitrogen and oxygen atoms in total. The standard InChI is InChI=1S/C22H23N5O3/c28-10-17-25-20(30-26-17)22-6-11-4-12(7-22)18(13(5-11)8-22)27-19-14-2-1-3-15(14)23-9-16(19)24-21(27)29/h1-2,9,11-13,18,28H,3-8,10H2,(H,24,29). The van der Waals surface area contributed by atoms with Gasteiger partial charge in [-0.1, -0.05) is 17.3 Å². The van der Waals surface area contributed by atoms with Gasteiger partial charge >= 0.3 is 5.69 Å². The molecule has 3 aromatic heterocycles. The van der Waals surface area contributed by atoms with E-state index in [4.69, 9.17) is 4.52 Å². The van der Waals surface area contributed by atoms with Crippen molar-refractivity contribution in [1.82, 2.24) is 24.7 Å². The molecule has 2 unspecified atom stereocenters. The van der Waals surface area contributed by atoms with Gasteiger partial charge in [0.1, 0.15) is 6.61 Å². The summed E-state index contributed by atoms with van der Waals surface area (Å²) in [6.45, 7) is -0.199. The molecule has 0 aromatic carbocycles. The number of aromatic amines is 1. The van der Waals surface area contributed by atoms with E-state index in [1.165, 1.54) is 0 Å². The van der Waals surface area contributed by atoms with Crippen LogP contribution in [-0.2, 0) is 18.4 Å². The Morgan fingerprint density at radius 3 is 2.87 bits per heavy atom. The monoisotopic (exact) mass is 405 g/mol. The molecule has 2 N–H and O–H groups in total. The van der Waals surface area contributed by atoms with Gasteiger partial charge in [-0.25, -0.2) is 4.79 Å². The number of H-pyrrole nitrogens is 1. The van der Waals surface area contributed by atoms with E-state index < -0.39 is 0 Å². The van der Waals surface area contributed by atoms with Gasteiger partial charge in [0, 0.05) is 18.0 Å². The lowest BCUT2D eigenvalue weighted by molar-refractivity contribution is -0.0600. The number of hydrogen-bond donors (Lipinski definition) is 2. The van der Waals surface area contributed by atoms with Gasteiger partial charge in [-0.3, -0.25) is 9.55 Å². The van der Waals surface area contributed by atoms with Crippen LogP contribution < -0.4 is 5.69 Å². The average molecular weight is 405 g/mol. The maximum atomic E-state index is 13.1. The summed E-state index contributed by atoms with van der Waals surface area (Å²) in [5.74, 6) is 2.50. The van der Waals surface area contributed by atoms with Gasteiger partial charge in [0.05, 0.1) is 28.3 Å². The van der Waals surface area contributed by atoms with Crippen molar-refractivity contribution in [2.75, 3.05) is 0 Å². The van der Waals surface area contributed by atoms with Gasteiger partial charge in [0.15, 0.2) is 5.82 Å². The van der Waals surface area contributed by atoms with Gasteiger partial charge in [0.2, 0.25) is 5.89 Å². The summed E-state index contributed by atoms with van der Waals surface area (Å²) in [6.07, 6.45) is 12.2. The van der Waals surface area contributed by atoms with E-state index >= 15 is 0 Å². The number of nitrogens with zero attached hydrogens (tertiary/aromatic N) is 4. The highest BCUT2D eigenvalue weighted by Crippen LogP contribution is 2.64. The molecular weight excluding hydrogens is 382 g/mol. The number of nitrogens with one attached hydrogen (secondary N) is 1. The van der Waals surface area contributed by atoms with Gasteiger partial charge in [-0.15, -0.1) is 0 Å². The van der Waals surface area contributed by atoms with Crippen molar-refractivity contribution in [3.8, 4) is 0 Å². The summed E-state index contributed by atoms with van der Waals surface area (Å²) in [5.41, 5.74) is 3.88. The van der Waals surface area contributed by atoms with Crippen molar-refractivity contribution in [1.29, 1.82) is 0 Å². The molecule has 5 aliphatic rings. The van der Waals surface area contributed by atoms with Gasteiger partial charge in [0.25, 0.3) is 0 Å². The average Bonchev–Trinajstić information content (AvgIpc) is 3.45. The lowest BCUT2D eigenvalue weighted by Crippen LogP contribution is -2.54. The number of aromatic nitrogens is 5.